The van der Waals surface area contributed by atoms with E-state index in [1.165, 1.54) is 6.42 Å². The Kier molecular flexibility index (Phi) is 6.70. The molecule has 2 aromatic heterocycles. The van der Waals surface area contributed by atoms with Gasteiger partial charge in [0.2, 0.25) is 0 Å². The normalized spacial score (nSPS) is 16.5. The van der Waals surface area contributed by atoms with E-state index in [1.54, 1.807) is 24.4 Å². The highest BCUT2D eigenvalue weighted by Gasteiger charge is 2.29. The van der Waals surface area contributed by atoms with E-state index in [0.717, 1.165) is 53.0 Å². The van der Waals surface area contributed by atoms with Crippen molar-refractivity contribution in [2.45, 2.75) is 38.2 Å². The molecule has 3 aliphatic rings. The molecule has 2 fully saturated rings. The van der Waals surface area contributed by atoms with Crippen molar-refractivity contribution in [3.8, 4) is 17.6 Å². The molecule has 1 amide bonds. The van der Waals surface area contributed by atoms with Crippen LogP contribution in [0, 0.1) is 11.3 Å². The number of nitriles is 1. The molecule has 1 N–H and O–H groups in total. The number of benzene rings is 2. The number of carbonyl (C=O) groups is 1. The Morgan fingerprint density at radius 3 is 2.74 bits per heavy atom. The van der Waals surface area contributed by atoms with Crippen LogP contribution in [0.3, 0.4) is 0 Å². The molecule has 1 saturated carbocycles. The van der Waals surface area contributed by atoms with Gasteiger partial charge in [-0.3, -0.25) is 9.59 Å². The maximum absolute atomic E-state index is 13.8. The van der Waals surface area contributed by atoms with E-state index in [4.69, 9.17) is 9.47 Å². The van der Waals surface area contributed by atoms with Gasteiger partial charge >= 0.3 is 0 Å². The zero-order chi connectivity index (χ0) is 28.6. The highest BCUT2D eigenvalue weighted by atomic mass is 16.5. The molecule has 0 spiro atoms. The summed E-state index contributed by atoms with van der Waals surface area (Å²) in [7, 11) is 0. The van der Waals surface area contributed by atoms with Crippen molar-refractivity contribution in [1.29, 1.82) is 5.26 Å². The van der Waals surface area contributed by atoms with Crippen molar-refractivity contribution in [1.82, 2.24) is 20.1 Å². The first-order chi connectivity index (χ1) is 20.6. The number of nitrogens with zero attached hydrogens (tertiary/aromatic N) is 5. The summed E-state index contributed by atoms with van der Waals surface area (Å²) in [5.74, 6) is 2.08. The summed E-state index contributed by atoms with van der Waals surface area (Å²) in [5.41, 5.74) is 3.55. The molecule has 0 atom stereocenters. The number of H-pyrrole nitrogens is 1. The third-order valence-electron chi connectivity index (χ3n) is 8.40. The van der Waals surface area contributed by atoms with Gasteiger partial charge in [-0.1, -0.05) is 6.07 Å². The maximum Gasteiger partial charge on any atom is 0.272 e. The van der Waals surface area contributed by atoms with Gasteiger partial charge in [0.1, 0.15) is 17.3 Å². The fourth-order valence-corrected chi connectivity index (χ4v) is 5.89. The Morgan fingerprint density at radius 2 is 1.95 bits per heavy atom. The third-order valence-corrected chi connectivity index (χ3v) is 8.40. The van der Waals surface area contributed by atoms with E-state index in [2.05, 4.69) is 32.2 Å². The summed E-state index contributed by atoms with van der Waals surface area (Å²) < 4.78 is 12.0. The van der Waals surface area contributed by atoms with Crippen molar-refractivity contribution < 1.29 is 14.3 Å². The second-order valence-corrected chi connectivity index (χ2v) is 11.1. The second kappa shape index (κ2) is 10.8. The number of aromatic amines is 1. The topological polar surface area (TPSA) is 124 Å². The summed E-state index contributed by atoms with van der Waals surface area (Å²) in [6.07, 6.45) is 6.32. The van der Waals surface area contributed by atoms with Crippen molar-refractivity contribution in [3.63, 3.8) is 0 Å². The molecule has 212 valence electrons. The lowest BCUT2D eigenvalue weighted by Gasteiger charge is -2.35. The minimum Gasteiger partial charge on any atom is -0.492 e. The van der Waals surface area contributed by atoms with Crippen LogP contribution in [0.25, 0.3) is 10.8 Å². The zero-order valence-electron chi connectivity index (χ0n) is 23.1. The smallest absolute Gasteiger partial charge is 0.272 e. The quantitative estimate of drug-likeness (QED) is 0.378. The maximum atomic E-state index is 13.8. The SMILES string of the molecule is N#Cc1ccnc(N2CCN(C(=O)c3cc(Cc4n[nH]c(=O)c5ccc(OC6CCC6)cc45)cc4c3OCC4)CC2)c1. The fraction of sp³-hybridized carbons (Fsp3) is 0.344. The van der Waals surface area contributed by atoms with Gasteiger partial charge in [0.05, 0.1) is 41.0 Å². The van der Waals surface area contributed by atoms with Gasteiger partial charge in [0, 0.05) is 50.6 Å². The van der Waals surface area contributed by atoms with Gasteiger partial charge < -0.3 is 19.3 Å². The van der Waals surface area contributed by atoms with Gasteiger partial charge in [-0.2, -0.15) is 10.4 Å². The first kappa shape index (κ1) is 26.0. The molecule has 10 nitrogen and oxygen atoms in total. The third kappa shape index (κ3) is 4.91. The molecule has 42 heavy (non-hydrogen) atoms. The molecular weight excluding hydrogens is 532 g/mol. The number of hydrogen-bond acceptors (Lipinski definition) is 8. The number of carbonyl (C=O) groups excluding carboxylic acids is 1. The van der Waals surface area contributed by atoms with Crippen LogP contribution < -0.4 is 19.9 Å². The first-order valence-electron chi connectivity index (χ1n) is 14.4. The number of hydrogen-bond donors (Lipinski definition) is 1. The molecule has 7 rings (SSSR count). The summed E-state index contributed by atoms with van der Waals surface area (Å²) in [6.45, 7) is 2.84. The monoisotopic (exact) mass is 562 g/mol. The number of nitrogens with one attached hydrogen (secondary N) is 1. The molecular formula is C32H30N6O4. The van der Waals surface area contributed by atoms with Crippen molar-refractivity contribution in [2.24, 2.45) is 0 Å². The van der Waals surface area contributed by atoms with Crippen LogP contribution in [0.1, 0.15) is 52.0 Å². The lowest BCUT2D eigenvalue weighted by Crippen LogP contribution is -2.49. The van der Waals surface area contributed by atoms with E-state index in [1.807, 2.05) is 23.1 Å². The van der Waals surface area contributed by atoms with Crippen molar-refractivity contribution in [2.75, 3.05) is 37.7 Å². The molecule has 0 unspecified atom stereocenters. The molecule has 10 heteroatoms. The summed E-state index contributed by atoms with van der Waals surface area (Å²) in [6, 6.07) is 15.2. The molecule has 1 saturated heterocycles. The van der Waals surface area contributed by atoms with Gasteiger partial charge in [0.15, 0.2) is 0 Å². The number of anilines is 1. The van der Waals surface area contributed by atoms with E-state index in [0.29, 0.717) is 61.5 Å². The van der Waals surface area contributed by atoms with Crippen LogP contribution in [-0.4, -0.2) is 64.9 Å². The van der Waals surface area contributed by atoms with Crippen LogP contribution >= 0.6 is 0 Å². The summed E-state index contributed by atoms with van der Waals surface area (Å²) in [4.78, 5) is 34.7. The van der Waals surface area contributed by atoms with Crippen LogP contribution in [0.4, 0.5) is 5.82 Å². The predicted molar refractivity (Wildman–Crippen MR) is 156 cm³/mol. The highest BCUT2D eigenvalue weighted by molar-refractivity contribution is 5.98. The number of rotatable bonds is 6. The van der Waals surface area contributed by atoms with Gasteiger partial charge in [0.25, 0.3) is 11.5 Å². The second-order valence-electron chi connectivity index (χ2n) is 11.1. The molecule has 0 radical (unpaired) electrons. The summed E-state index contributed by atoms with van der Waals surface area (Å²) in [5, 5.41) is 17.6. The van der Waals surface area contributed by atoms with Gasteiger partial charge in [-0.15, -0.1) is 0 Å². The Morgan fingerprint density at radius 1 is 1.10 bits per heavy atom. The van der Waals surface area contributed by atoms with E-state index in [9.17, 15) is 14.9 Å². The van der Waals surface area contributed by atoms with Crippen LogP contribution in [0.5, 0.6) is 11.5 Å². The van der Waals surface area contributed by atoms with E-state index < -0.39 is 0 Å². The Labute approximate surface area is 242 Å². The average Bonchev–Trinajstić information content (AvgIpc) is 3.48. The number of pyridine rings is 1. The number of piperazine rings is 1. The van der Waals surface area contributed by atoms with Crippen LogP contribution in [0.2, 0.25) is 0 Å². The number of fused-ring (bicyclic) bond motifs is 2. The Hall–Kier alpha value is -4.91. The molecule has 4 heterocycles. The zero-order valence-corrected chi connectivity index (χ0v) is 23.1. The molecule has 2 aromatic carbocycles. The Balaban J connectivity index is 1.14. The molecule has 0 bridgehead atoms. The highest BCUT2D eigenvalue weighted by Crippen LogP contribution is 2.34. The largest absolute Gasteiger partial charge is 0.492 e. The predicted octanol–water partition coefficient (Wildman–Crippen LogP) is 3.61. The first-order valence-corrected chi connectivity index (χ1v) is 14.4. The average molecular weight is 563 g/mol. The molecule has 1 aliphatic carbocycles. The minimum atomic E-state index is -0.240. The molecule has 4 aromatic rings. The lowest BCUT2D eigenvalue weighted by atomic mass is 9.96. The Bertz CT molecular complexity index is 1780. The summed E-state index contributed by atoms with van der Waals surface area (Å²) >= 11 is 0. The van der Waals surface area contributed by atoms with Gasteiger partial charge in [-0.25, -0.2) is 10.1 Å². The van der Waals surface area contributed by atoms with Crippen LogP contribution in [0.15, 0.2) is 53.5 Å². The van der Waals surface area contributed by atoms with E-state index >= 15 is 0 Å². The van der Waals surface area contributed by atoms with Crippen LogP contribution in [-0.2, 0) is 12.8 Å². The standard InChI is InChI=1S/C32H30N6O4/c33-19-20-6-8-34-29(17-20)37-9-11-38(12-10-37)32(40)27-15-21(14-22-7-13-41-30(22)27)16-28-26-18-24(42-23-2-1-3-23)4-5-25(26)31(39)36-35-28/h4-6,8,14-15,17-18,23H,1-3,7,9-13,16H2,(H,36,39). The number of aromatic nitrogens is 3. The fourth-order valence-electron chi connectivity index (χ4n) is 5.89. The van der Waals surface area contributed by atoms with Crippen molar-refractivity contribution >= 4 is 22.5 Å². The minimum absolute atomic E-state index is 0.0659. The number of amides is 1. The molecule has 2 aliphatic heterocycles. The van der Waals surface area contributed by atoms with E-state index in [-0.39, 0.29) is 17.6 Å². The number of ether oxygens (including phenoxy) is 2. The lowest BCUT2D eigenvalue weighted by molar-refractivity contribution is 0.0743. The van der Waals surface area contributed by atoms with Crippen molar-refractivity contribution in [3.05, 3.63) is 87.0 Å². The van der Waals surface area contributed by atoms with Gasteiger partial charge in [-0.05, 0) is 66.8 Å².